The second-order valence-corrected chi connectivity index (χ2v) is 7.18. The Hall–Kier alpha value is -3.08. The van der Waals surface area contributed by atoms with E-state index in [1.165, 1.54) is 11.1 Å². The van der Waals surface area contributed by atoms with Crippen LogP contribution in [0.5, 0.6) is 0 Å². The molecule has 0 fully saturated rings. The van der Waals surface area contributed by atoms with Gasteiger partial charge in [-0.3, -0.25) is 4.98 Å². The smallest absolute Gasteiger partial charge is 0.114 e. The molecule has 3 aromatic carbocycles. The van der Waals surface area contributed by atoms with Crippen molar-refractivity contribution < 1.29 is 20.1 Å². The second-order valence-electron chi connectivity index (χ2n) is 7.18. The van der Waals surface area contributed by atoms with Crippen LogP contribution in [0.25, 0.3) is 33.8 Å². The van der Waals surface area contributed by atoms with Crippen molar-refractivity contribution in [1.29, 1.82) is 0 Å². The van der Waals surface area contributed by atoms with Gasteiger partial charge in [0.15, 0.2) is 0 Å². The fourth-order valence-electron chi connectivity index (χ4n) is 3.99. The van der Waals surface area contributed by atoms with Crippen molar-refractivity contribution in [2.75, 3.05) is 0 Å². The Morgan fingerprint density at radius 3 is 2.33 bits per heavy atom. The van der Waals surface area contributed by atoms with Crippen molar-refractivity contribution in [2.24, 2.45) is 0 Å². The molecule has 2 aromatic heterocycles. The summed E-state index contributed by atoms with van der Waals surface area (Å²) in [6.45, 7) is 6.22. The van der Waals surface area contributed by atoms with Crippen molar-refractivity contribution in [3.05, 3.63) is 90.0 Å². The molecule has 30 heavy (non-hydrogen) atoms. The van der Waals surface area contributed by atoms with Crippen LogP contribution in [0.4, 0.5) is 0 Å². The predicted octanol–water partition coefficient (Wildman–Crippen LogP) is 5.00. The van der Waals surface area contributed by atoms with Gasteiger partial charge in [0.1, 0.15) is 6.33 Å². The van der Waals surface area contributed by atoms with Gasteiger partial charge in [0, 0.05) is 37.0 Å². The van der Waals surface area contributed by atoms with Crippen LogP contribution in [0.2, 0.25) is 0 Å². The second kappa shape index (κ2) is 7.98. The molecule has 0 aliphatic carbocycles. The van der Waals surface area contributed by atoms with E-state index in [-0.39, 0.29) is 20.1 Å². The van der Waals surface area contributed by atoms with Crippen LogP contribution in [0.15, 0.2) is 67.0 Å². The Balaban J connectivity index is 0.00000218. The fraction of sp³-hybridized carbons (Fsp3) is 0.125. The van der Waals surface area contributed by atoms with Crippen LogP contribution in [0.3, 0.4) is 0 Å². The number of aromatic nitrogens is 5. The monoisotopic (exact) mass is 571 g/mol. The Morgan fingerprint density at radius 1 is 0.867 bits per heavy atom. The van der Waals surface area contributed by atoms with Gasteiger partial charge in [-0.15, -0.1) is 23.3 Å². The number of rotatable bonds is 3. The van der Waals surface area contributed by atoms with Gasteiger partial charge in [-0.1, -0.05) is 42.0 Å². The molecule has 5 aromatic rings. The van der Waals surface area contributed by atoms with E-state index >= 15 is 0 Å². The minimum Gasteiger partial charge on any atom is -0.322 e. The number of imidazole rings is 1. The minimum absolute atomic E-state index is 0. The van der Waals surface area contributed by atoms with Crippen molar-refractivity contribution in [2.45, 2.75) is 20.8 Å². The number of benzene rings is 3. The van der Waals surface area contributed by atoms with Gasteiger partial charge in [0.05, 0.1) is 11.6 Å². The SMILES string of the molecule is Cc1cccc(C)c1-n1cnnc1-c1[c-]ccc2c1nc(C)n2-c1ccccc1.[Ir]. The summed E-state index contributed by atoms with van der Waals surface area (Å²) in [7, 11) is 0. The van der Waals surface area contributed by atoms with Crippen LogP contribution in [0.1, 0.15) is 17.0 Å². The predicted molar refractivity (Wildman–Crippen MR) is 114 cm³/mol. The number of nitrogens with zero attached hydrogens (tertiary/aromatic N) is 5. The van der Waals surface area contributed by atoms with E-state index in [0.717, 1.165) is 39.6 Å². The van der Waals surface area contributed by atoms with Crippen LogP contribution < -0.4 is 0 Å². The van der Waals surface area contributed by atoms with Crippen LogP contribution in [-0.2, 0) is 20.1 Å². The molecule has 0 N–H and O–H groups in total. The van der Waals surface area contributed by atoms with Gasteiger partial charge in [0.2, 0.25) is 0 Å². The normalized spacial score (nSPS) is 10.9. The summed E-state index contributed by atoms with van der Waals surface area (Å²) >= 11 is 0. The van der Waals surface area contributed by atoms with Crippen molar-refractivity contribution in [3.8, 4) is 22.8 Å². The molecule has 2 heterocycles. The number of para-hydroxylation sites is 2. The quantitative estimate of drug-likeness (QED) is 0.287. The molecule has 0 aliphatic heterocycles. The van der Waals surface area contributed by atoms with Crippen LogP contribution in [0, 0.1) is 26.8 Å². The van der Waals surface area contributed by atoms with E-state index in [1.54, 1.807) is 6.33 Å². The van der Waals surface area contributed by atoms with Crippen molar-refractivity contribution >= 4 is 11.0 Å². The summed E-state index contributed by atoms with van der Waals surface area (Å²) in [4.78, 5) is 4.88. The Morgan fingerprint density at radius 2 is 1.60 bits per heavy atom. The zero-order valence-corrected chi connectivity index (χ0v) is 19.3. The zero-order valence-electron chi connectivity index (χ0n) is 16.9. The van der Waals surface area contributed by atoms with E-state index < -0.39 is 0 Å². The standard InChI is InChI=1S/C24H20N5.Ir/c1-16-9-7-10-17(2)23(16)28-15-25-27-24(28)20-13-8-14-21-22(20)26-18(3)29(21)19-11-5-4-6-12-19;/h4-12,14-15H,1-3H3;/q-1;. The number of hydrogen-bond acceptors (Lipinski definition) is 3. The third-order valence-electron chi connectivity index (χ3n) is 5.25. The van der Waals surface area contributed by atoms with E-state index in [0.29, 0.717) is 0 Å². The maximum Gasteiger partial charge on any atom is 0.114 e. The summed E-state index contributed by atoms with van der Waals surface area (Å²) < 4.78 is 4.19. The minimum atomic E-state index is 0. The van der Waals surface area contributed by atoms with Gasteiger partial charge >= 0.3 is 0 Å². The van der Waals surface area contributed by atoms with Crippen molar-refractivity contribution in [1.82, 2.24) is 24.3 Å². The third-order valence-corrected chi connectivity index (χ3v) is 5.25. The first-order valence-corrected chi connectivity index (χ1v) is 9.57. The molecule has 5 nitrogen and oxygen atoms in total. The fourth-order valence-corrected chi connectivity index (χ4v) is 3.99. The summed E-state index contributed by atoms with van der Waals surface area (Å²) in [6.07, 6.45) is 1.76. The summed E-state index contributed by atoms with van der Waals surface area (Å²) in [5.41, 5.74) is 7.26. The first-order valence-electron chi connectivity index (χ1n) is 9.57. The first-order chi connectivity index (χ1) is 14.1. The van der Waals surface area contributed by atoms with Gasteiger partial charge < -0.3 is 9.13 Å². The van der Waals surface area contributed by atoms with E-state index in [9.17, 15) is 0 Å². The Bertz CT molecular complexity index is 1310. The van der Waals surface area contributed by atoms with Crippen molar-refractivity contribution in [3.63, 3.8) is 0 Å². The summed E-state index contributed by atoms with van der Waals surface area (Å²) in [6, 6.07) is 23.9. The van der Waals surface area contributed by atoms with E-state index in [2.05, 4.69) is 65.0 Å². The molecule has 0 saturated carbocycles. The molecule has 5 rings (SSSR count). The maximum atomic E-state index is 4.88. The molecule has 6 heteroatoms. The third kappa shape index (κ3) is 3.18. The van der Waals surface area contributed by atoms with E-state index in [1.807, 2.05) is 41.8 Å². The number of fused-ring (bicyclic) bond motifs is 1. The Labute approximate surface area is 188 Å². The number of aryl methyl sites for hydroxylation is 3. The average molecular weight is 571 g/mol. The van der Waals surface area contributed by atoms with Gasteiger partial charge in [-0.05, 0) is 49.5 Å². The summed E-state index contributed by atoms with van der Waals surface area (Å²) in [5.74, 6) is 1.66. The van der Waals surface area contributed by atoms with Gasteiger partial charge in [-0.25, -0.2) is 0 Å². The molecule has 1 radical (unpaired) electrons. The van der Waals surface area contributed by atoms with Gasteiger partial charge in [0.25, 0.3) is 0 Å². The molecule has 151 valence electrons. The molecule has 0 atom stereocenters. The summed E-state index contributed by atoms with van der Waals surface area (Å²) in [5, 5.41) is 8.65. The molecule has 0 amide bonds. The largest absolute Gasteiger partial charge is 0.322 e. The molecular formula is C24H20IrN5-. The molecule has 0 unspecified atom stereocenters. The molecule has 0 saturated heterocycles. The average Bonchev–Trinajstić information content (AvgIpc) is 3.32. The van der Waals surface area contributed by atoms with E-state index in [4.69, 9.17) is 4.98 Å². The Kier molecular flexibility index (Phi) is 5.37. The number of hydrogen-bond donors (Lipinski definition) is 0. The van der Waals surface area contributed by atoms with Crippen LogP contribution >= 0.6 is 0 Å². The maximum absolute atomic E-state index is 4.88. The molecular weight excluding hydrogens is 551 g/mol. The van der Waals surface area contributed by atoms with Crippen LogP contribution in [-0.4, -0.2) is 24.3 Å². The first kappa shape index (κ1) is 20.2. The zero-order chi connectivity index (χ0) is 20.0. The molecule has 0 spiro atoms. The van der Waals surface area contributed by atoms with Gasteiger partial charge in [-0.2, -0.15) is 5.10 Å². The molecule has 0 aliphatic rings. The molecule has 0 bridgehead atoms. The topological polar surface area (TPSA) is 48.5 Å².